The molecule has 9 heteroatoms. The van der Waals surface area contributed by atoms with Crippen molar-refractivity contribution in [1.82, 2.24) is 15.1 Å². The number of piperazine rings is 1. The van der Waals surface area contributed by atoms with Crippen LogP contribution in [0.15, 0.2) is 36.4 Å². The van der Waals surface area contributed by atoms with E-state index in [1.54, 1.807) is 36.4 Å². The van der Waals surface area contributed by atoms with Gasteiger partial charge in [0.25, 0.3) is 0 Å². The summed E-state index contributed by atoms with van der Waals surface area (Å²) in [7, 11) is 0. The summed E-state index contributed by atoms with van der Waals surface area (Å²) in [4.78, 5) is 31.3. The molecule has 2 fully saturated rings. The number of nitrogens with one attached hydrogen (secondary N) is 1. The molecule has 4 rings (SSSR count). The lowest BCUT2D eigenvalue weighted by Crippen LogP contribution is -2.56. The van der Waals surface area contributed by atoms with Crippen LogP contribution >= 0.6 is 46.4 Å². The van der Waals surface area contributed by atoms with Gasteiger partial charge in [-0.1, -0.05) is 59.4 Å². The number of amides is 2. The van der Waals surface area contributed by atoms with E-state index in [-0.39, 0.29) is 11.8 Å². The summed E-state index contributed by atoms with van der Waals surface area (Å²) in [6, 6.07) is 9.65. The second kappa shape index (κ2) is 10.6. The van der Waals surface area contributed by atoms with Crippen molar-refractivity contribution in [2.24, 2.45) is 0 Å². The van der Waals surface area contributed by atoms with E-state index in [0.29, 0.717) is 52.4 Å². The quantitative estimate of drug-likeness (QED) is 0.521. The van der Waals surface area contributed by atoms with Gasteiger partial charge in [0.2, 0.25) is 11.8 Å². The molecular formula is C25H27Cl4N3O2. The number of nitrogens with zero attached hydrogens (tertiary/aromatic N) is 2. The average Bonchev–Trinajstić information content (AvgIpc) is 3.59. The Bertz CT molecular complexity index is 1060. The van der Waals surface area contributed by atoms with Crippen LogP contribution in [-0.2, 0) is 21.4 Å². The summed E-state index contributed by atoms with van der Waals surface area (Å²) >= 11 is 24.9. The van der Waals surface area contributed by atoms with Crippen LogP contribution in [0.1, 0.15) is 30.9 Å². The van der Waals surface area contributed by atoms with E-state index in [1.807, 2.05) is 4.90 Å². The van der Waals surface area contributed by atoms with E-state index in [9.17, 15) is 9.59 Å². The van der Waals surface area contributed by atoms with Crippen LogP contribution in [-0.4, -0.2) is 60.4 Å². The Morgan fingerprint density at radius 2 is 1.59 bits per heavy atom. The maximum atomic E-state index is 13.6. The molecule has 2 amide bonds. The van der Waals surface area contributed by atoms with Crippen LogP contribution in [0.5, 0.6) is 0 Å². The SMILES string of the molecule is CCN1CCN(C(=O)C(Cc2cc(Cl)cc(Cl)c2)NC(=O)C2(c3ccc(Cl)cc3Cl)CC2)CC1. The van der Waals surface area contributed by atoms with Gasteiger partial charge in [0.15, 0.2) is 0 Å². The Kier molecular flexibility index (Phi) is 8.00. The molecule has 1 heterocycles. The lowest BCUT2D eigenvalue weighted by molar-refractivity contribution is -0.138. The molecule has 1 aliphatic heterocycles. The van der Waals surface area contributed by atoms with Crippen molar-refractivity contribution in [3.05, 3.63) is 67.6 Å². The van der Waals surface area contributed by atoms with Crippen LogP contribution in [0.25, 0.3) is 0 Å². The van der Waals surface area contributed by atoms with Crippen molar-refractivity contribution in [3.8, 4) is 0 Å². The fraction of sp³-hybridized carbons (Fsp3) is 0.440. The molecule has 1 aliphatic carbocycles. The van der Waals surface area contributed by atoms with Gasteiger partial charge in [0, 0.05) is 52.7 Å². The molecule has 2 aromatic rings. The Morgan fingerprint density at radius 1 is 0.941 bits per heavy atom. The standard InChI is InChI=1S/C25H27Cl4N3O2/c1-2-31-7-9-32(10-8-31)23(33)22(13-16-11-18(27)14-19(28)12-16)30-24(34)25(5-6-25)20-4-3-17(26)15-21(20)29/h3-4,11-12,14-15,22H,2,5-10,13H2,1H3,(H,30,34). The van der Waals surface area contributed by atoms with Crippen molar-refractivity contribution in [2.75, 3.05) is 32.7 Å². The molecular weight excluding hydrogens is 516 g/mol. The number of hydrogen-bond acceptors (Lipinski definition) is 3. The van der Waals surface area contributed by atoms with Gasteiger partial charge < -0.3 is 15.1 Å². The number of rotatable bonds is 7. The van der Waals surface area contributed by atoms with Gasteiger partial charge in [0.1, 0.15) is 6.04 Å². The smallest absolute Gasteiger partial charge is 0.245 e. The largest absolute Gasteiger partial charge is 0.343 e. The lowest BCUT2D eigenvalue weighted by Gasteiger charge is -2.36. The molecule has 5 nitrogen and oxygen atoms in total. The van der Waals surface area contributed by atoms with Crippen molar-refractivity contribution in [3.63, 3.8) is 0 Å². The highest BCUT2D eigenvalue weighted by Gasteiger charge is 2.53. The Balaban J connectivity index is 1.57. The minimum absolute atomic E-state index is 0.0989. The molecule has 0 radical (unpaired) electrons. The summed E-state index contributed by atoms with van der Waals surface area (Å²) in [5.74, 6) is -0.298. The fourth-order valence-electron chi connectivity index (χ4n) is 4.59. The molecule has 1 saturated heterocycles. The van der Waals surface area contributed by atoms with Crippen LogP contribution in [0, 0.1) is 0 Å². The highest BCUT2D eigenvalue weighted by atomic mass is 35.5. The first-order valence-corrected chi connectivity index (χ1v) is 13.0. The van der Waals surface area contributed by atoms with E-state index in [2.05, 4.69) is 17.1 Å². The molecule has 1 N–H and O–H groups in total. The van der Waals surface area contributed by atoms with Crippen LogP contribution < -0.4 is 5.32 Å². The Labute approximate surface area is 220 Å². The number of benzene rings is 2. The minimum Gasteiger partial charge on any atom is -0.343 e. The van der Waals surface area contributed by atoms with Gasteiger partial charge in [-0.25, -0.2) is 0 Å². The molecule has 2 aliphatic rings. The lowest BCUT2D eigenvalue weighted by atomic mass is 9.93. The second-order valence-electron chi connectivity index (χ2n) is 8.97. The summed E-state index contributed by atoms with van der Waals surface area (Å²) in [6.07, 6.45) is 1.63. The molecule has 182 valence electrons. The van der Waals surface area contributed by atoms with E-state index in [1.165, 1.54) is 0 Å². The molecule has 0 spiro atoms. The molecule has 1 unspecified atom stereocenters. The average molecular weight is 543 g/mol. The highest BCUT2D eigenvalue weighted by Crippen LogP contribution is 2.51. The first kappa shape index (κ1) is 25.6. The molecule has 0 aromatic heterocycles. The van der Waals surface area contributed by atoms with Gasteiger partial charge in [-0.3, -0.25) is 9.59 Å². The number of carbonyl (C=O) groups is 2. The van der Waals surface area contributed by atoms with Crippen molar-refractivity contribution in [1.29, 1.82) is 0 Å². The normalized spacial score (nSPS) is 18.4. The zero-order valence-electron chi connectivity index (χ0n) is 18.9. The monoisotopic (exact) mass is 541 g/mol. The second-order valence-corrected chi connectivity index (χ2v) is 10.7. The molecule has 1 atom stereocenters. The summed E-state index contributed by atoms with van der Waals surface area (Å²) < 4.78 is 0. The molecule has 1 saturated carbocycles. The van der Waals surface area contributed by atoms with Gasteiger partial charge >= 0.3 is 0 Å². The first-order valence-electron chi connectivity index (χ1n) is 11.4. The van der Waals surface area contributed by atoms with Gasteiger partial charge in [-0.2, -0.15) is 0 Å². The van der Waals surface area contributed by atoms with E-state index in [4.69, 9.17) is 46.4 Å². The summed E-state index contributed by atoms with van der Waals surface area (Å²) in [6.45, 7) is 5.95. The highest BCUT2D eigenvalue weighted by molar-refractivity contribution is 6.35. The number of hydrogen-bond donors (Lipinski definition) is 1. The summed E-state index contributed by atoms with van der Waals surface area (Å²) in [5, 5.41) is 5.00. The molecule has 0 bridgehead atoms. The molecule has 2 aromatic carbocycles. The fourth-order valence-corrected chi connectivity index (χ4v) is 5.75. The van der Waals surface area contributed by atoms with Crippen molar-refractivity contribution >= 4 is 58.2 Å². The number of halogens is 4. The van der Waals surface area contributed by atoms with Crippen molar-refractivity contribution in [2.45, 2.75) is 37.6 Å². The van der Waals surface area contributed by atoms with Crippen LogP contribution in [0.4, 0.5) is 0 Å². The van der Waals surface area contributed by atoms with E-state index >= 15 is 0 Å². The minimum atomic E-state index is -0.743. The van der Waals surface area contributed by atoms with Crippen LogP contribution in [0.3, 0.4) is 0 Å². The number of carbonyl (C=O) groups excluding carboxylic acids is 2. The zero-order chi connectivity index (χ0) is 24.5. The van der Waals surface area contributed by atoms with Gasteiger partial charge in [-0.15, -0.1) is 0 Å². The van der Waals surface area contributed by atoms with Crippen LogP contribution in [0.2, 0.25) is 20.1 Å². The topological polar surface area (TPSA) is 52.6 Å². The maximum absolute atomic E-state index is 13.6. The van der Waals surface area contributed by atoms with Crippen molar-refractivity contribution < 1.29 is 9.59 Å². The van der Waals surface area contributed by atoms with Gasteiger partial charge in [-0.05, 0) is 60.8 Å². The predicted molar refractivity (Wildman–Crippen MR) is 138 cm³/mol. The first-order chi connectivity index (χ1) is 16.2. The predicted octanol–water partition coefficient (Wildman–Crippen LogP) is 5.22. The third-order valence-electron chi connectivity index (χ3n) is 6.73. The summed E-state index contributed by atoms with van der Waals surface area (Å²) in [5.41, 5.74) is 0.787. The zero-order valence-corrected chi connectivity index (χ0v) is 21.9. The van der Waals surface area contributed by atoms with E-state index in [0.717, 1.165) is 30.8 Å². The third kappa shape index (κ3) is 5.66. The Morgan fingerprint density at radius 3 is 2.15 bits per heavy atom. The molecule has 34 heavy (non-hydrogen) atoms. The maximum Gasteiger partial charge on any atom is 0.245 e. The van der Waals surface area contributed by atoms with Gasteiger partial charge in [0.05, 0.1) is 5.41 Å². The third-order valence-corrected chi connectivity index (χ3v) is 7.71. The van der Waals surface area contributed by atoms with E-state index < -0.39 is 11.5 Å². The number of likely N-dealkylation sites (N-methyl/N-ethyl adjacent to an activating group) is 1. The Hall–Kier alpha value is -1.50.